The van der Waals surface area contributed by atoms with Gasteiger partial charge in [-0.05, 0) is 18.6 Å². The molecule has 4 heteroatoms. The molecule has 1 unspecified atom stereocenters. The van der Waals surface area contributed by atoms with Gasteiger partial charge in [0.25, 0.3) is 0 Å². The standard InChI is InChI=1S/C13H13ClO3/c1-3-10(14)11-7-8-5-4-6-9(12(8)17-11)13(15)16-2/h4-7,10H,3H2,1-2H3. The summed E-state index contributed by atoms with van der Waals surface area (Å²) in [6, 6.07) is 7.22. The molecule has 0 spiro atoms. The molecule has 0 bridgehead atoms. The largest absolute Gasteiger partial charge is 0.465 e. The highest BCUT2D eigenvalue weighted by atomic mass is 35.5. The first-order chi connectivity index (χ1) is 8.17. The van der Waals surface area contributed by atoms with Crippen molar-refractivity contribution in [2.75, 3.05) is 7.11 Å². The van der Waals surface area contributed by atoms with E-state index in [1.165, 1.54) is 7.11 Å². The highest BCUT2D eigenvalue weighted by molar-refractivity contribution is 6.20. The van der Waals surface area contributed by atoms with E-state index in [2.05, 4.69) is 0 Å². The van der Waals surface area contributed by atoms with Gasteiger partial charge in [-0.1, -0.05) is 19.1 Å². The van der Waals surface area contributed by atoms with Gasteiger partial charge >= 0.3 is 5.97 Å². The number of para-hydroxylation sites is 1. The Kier molecular flexibility index (Phi) is 3.38. The molecule has 0 N–H and O–H groups in total. The molecule has 0 amide bonds. The summed E-state index contributed by atoms with van der Waals surface area (Å²) in [5.41, 5.74) is 0.963. The number of rotatable bonds is 3. The van der Waals surface area contributed by atoms with E-state index in [-0.39, 0.29) is 5.38 Å². The Morgan fingerprint density at radius 3 is 2.94 bits per heavy atom. The Hall–Kier alpha value is -1.48. The SMILES string of the molecule is CCC(Cl)c1cc2cccc(C(=O)OC)c2o1. The number of hydrogen-bond acceptors (Lipinski definition) is 3. The minimum Gasteiger partial charge on any atom is -0.465 e. The maximum atomic E-state index is 11.6. The maximum Gasteiger partial charge on any atom is 0.341 e. The molecule has 0 aliphatic carbocycles. The van der Waals surface area contributed by atoms with E-state index in [9.17, 15) is 4.79 Å². The summed E-state index contributed by atoms with van der Waals surface area (Å²) in [5, 5.41) is 0.690. The van der Waals surface area contributed by atoms with E-state index < -0.39 is 5.97 Å². The summed E-state index contributed by atoms with van der Waals surface area (Å²) in [4.78, 5) is 11.6. The molecule has 2 rings (SSSR count). The Morgan fingerprint density at radius 2 is 2.29 bits per heavy atom. The first kappa shape index (κ1) is 12.0. The van der Waals surface area contributed by atoms with Crippen molar-refractivity contribution in [1.29, 1.82) is 0 Å². The van der Waals surface area contributed by atoms with Crippen LogP contribution in [0.5, 0.6) is 0 Å². The lowest BCUT2D eigenvalue weighted by molar-refractivity contribution is 0.0601. The predicted molar refractivity (Wildman–Crippen MR) is 66.4 cm³/mol. The zero-order valence-electron chi connectivity index (χ0n) is 9.70. The Bertz CT molecular complexity index is 545. The molecule has 0 saturated carbocycles. The highest BCUT2D eigenvalue weighted by Gasteiger charge is 2.17. The van der Waals surface area contributed by atoms with E-state index in [1.54, 1.807) is 12.1 Å². The molecule has 3 nitrogen and oxygen atoms in total. The fraction of sp³-hybridized carbons (Fsp3) is 0.308. The quantitative estimate of drug-likeness (QED) is 0.614. The number of hydrogen-bond donors (Lipinski definition) is 0. The van der Waals surface area contributed by atoms with Crippen molar-refractivity contribution in [2.45, 2.75) is 18.7 Å². The molecule has 2 aromatic rings. The molecule has 0 saturated heterocycles. The molecular weight excluding hydrogens is 240 g/mol. The summed E-state index contributed by atoms with van der Waals surface area (Å²) >= 11 is 6.12. The predicted octanol–water partition coefficient (Wildman–Crippen LogP) is 3.91. The van der Waals surface area contributed by atoms with Gasteiger partial charge in [-0.2, -0.15) is 0 Å². The second kappa shape index (κ2) is 4.80. The van der Waals surface area contributed by atoms with E-state index in [0.717, 1.165) is 11.8 Å². The first-order valence-corrected chi connectivity index (χ1v) is 5.85. The molecule has 17 heavy (non-hydrogen) atoms. The molecule has 1 aromatic heterocycles. The molecule has 0 fully saturated rings. The maximum absolute atomic E-state index is 11.6. The lowest BCUT2D eigenvalue weighted by Crippen LogP contribution is -2.00. The molecule has 1 heterocycles. The van der Waals surface area contributed by atoms with Crippen LogP contribution < -0.4 is 0 Å². The fourth-order valence-electron chi connectivity index (χ4n) is 1.71. The van der Waals surface area contributed by atoms with Crippen molar-refractivity contribution < 1.29 is 13.9 Å². The summed E-state index contributed by atoms with van der Waals surface area (Å²) in [7, 11) is 1.35. The summed E-state index contributed by atoms with van der Waals surface area (Å²) < 4.78 is 10.4. The molecule has 1 atom stereocenters. The Morgan fingerprint density at radius 1 is 1.53 bits per heavy atom. The topological polar surface area (TPSA) is 39.4 Å². The van der Waals surface area contributed by atoms with Crippen molar-refractivity contribution in [3.63, 3.8) is 0 Å². The second-order valence-corrected chi connectivity index (χ2v) is 4.27. The first-order valence-electron chi connectivity index (χ1n) is 5.42. The van der Waals surface area contributed by atoms with Crippen LogP contribution in [0.25, 0.3) is 11.0 Å². The minimum absolute atomic E-state index is 0.173. The zero-order valence-corrected chi connectivity index (χ0v) is 10.5. The molecular formula is C13H13ClO3. The monoisotopic (exact) mass is 252 g/mol. The molecule has 1 aromatic carbocycles. The Labute approximate surface area is 104 Å². The molecule has 90 valence electrons. The number of ether oxygens (including phenoxy) is 1. The third-order valence-electron chi connectivity index (χ3n) is 2.64. The van der Waals surface area contributed by atoms with Gasteiger partial charge in [0.15, 0.2) is 0 Å². The lowest BCUT2D eigenvalue weighted by Gasteiger charge is -2.01. The molecule has 0 aliphatic heterocycles. The van der Waals surface area contributed by atoms with Crippen LogP contribution >= 0.6 is 11.6 Å². The minimum atomic E-state index is -0.404. The van der Waals surface area contributed by atoms with E-state index in [1.807, 2.05) is 19.1 Å². The third-order valence-corrected chi connectivity index (χ3v) is 3.16. The summed E-state index contributed by atoms with van der Waals surface area (Å²) in [6.45, 7) is 1.98. The van der Waals surface area contributed by atoms with Crippen LogP contribution in [0.1, 0.15) is 34.8 Å². The second-order valence-electron chi connectivity index (χ2n) is 3.74. The van der Waals surface area contributed by atoms with Gasteiger partial charge in [0.2, 0.25) is 0 Å². The van der Waals surface area contributed by atoms with Gasteiger partial charge in [0.1, 0.15) is 16.9 Å². The van der Waals surface area contributed by atoms with Gasteiger partial charge in [-0.25, -0.2) is 4.79 Å². The normalized spacial score (nSPS) is 12.6. The van der Waals surface area contributed by atoms with Crippen LogP contribution in [-0.4, -0.2) is 13.1 Å². The van der Waals surface area contributed by atoms with Crippen molar-refractivity contribution in [3.8, 4) is 0 Å². The molecule has 0 aliphatic rings. The van der Waals surface area contributed by atoms with Gasteiger partial charge in [-0.3, -0.25) is 0 Å². The molecule has 0 radical (unpaired) electrons. The van der Waals surface area contributed by atoms with Crippen molar-refractivity contribution in [3.05, 3.63) is 35.6 Å². The number of methoxy groups -OCH3 is 1. The lowest BCUT2D eigenvalue weighted by atomic mass is 10.1. The van der Waals surface area contributed by atoms with Crippen LogP contribution in [0.4, 0.5) is 0 Å². The van der Waals surface area contributed by atoms with Crippen LogP contribution in [0.2, 0.25) is 0 Å². The van der Waals surface area contributed by atoms with Crippen LogP contribution in [0, 0.1) is 0 Å². The van der Waals surface area contributed by atoms with Crippen LogP contribution in [0.15, 0.2) is 28.7 Å². The van der Waals surface area contributed by atoms with Crippen molar-refractivity contribution in [2.24, 2.45) is 0 Å². The number of halogens is 1. The van der Waals surface area contributed by atoms with Gasteiger partial charge < -0.3 is 9.15 Å². The number of benzene rings is 1. The number of fused-ring (bicyclic) bond motifs is 1. The average molecular weight is 253 g/mol. The van der Waals surface area contributed by atoms with Gasteiger partial charge in [0.05, 0.1) is 12.5 Å². The van der Waals surface area contributed by atoms with Gasteiger partial charge in [-0.15, -0.1) is 11.6 Å². The van der Waals surface area contributed by atoms with E-state index in [0.29, 0.717) is 16.9 Å². The summed E-state index contributed by atoms with van der Waals surface area (Å²) in [5.74, 6) is 0.277. The van der Waals surface area contributed by atoms with E-state index in [4.69, 9.17) is 20.8 Å². The van der Waals surface area contributed by atoms with Crippen molar-refractivity contribution >= 4 is 28.5 Å². The van der Waals surface area contributed by atoms with Crippen molar-refractivity contribution in [1.82, 2.24) is 0 Å². The Balaban J connectivity index is 2.56. The zero-order chi connectivity index (χ0) is 12.4. The summed E-state index contributed by atoms with van der Waals surface area (Å²) in [6.07, 6.45) is 0.773. The number of furan rings is 1. The smallest absolute Gasteiger partial charge is 0.341 e. The van der Waals surface area contributed by atoms with Crippen LogP contribution in [-0.2, 0) is 4.74 Å². The van der Waals surface area contributed by atoms with Crippen LogP contribution in [0.3, 0.4) is 0 Å². The average Bonchev–Trinajstić information content (AvgIpc) is 2.80. The fourth-order valence-corrected chi connectivity index (χ4v) is 1.82. The third kappa shape index (κ3) is 2.15. The number of carbonyl (C=O) groups is 1. The van der Waals surface area contributed by atoms with Gasteiger partial charge in [0, 0.05) is 5.39 Å². The number of esters is 1. The van der Waals surface area contributed by atoms with E-state index >= 15 is 0 Å². The highest BCUT2D eigenvalue weighted by Crippen LogP contribution is 2.31. The number of alkyl halides is 1. The number of carbonyl (C=O) groups excluding carboxylic acids is 1.